The van der Waals surface area contributed by atoms with Crippen LogP contribution >= 0.6 is 15.9 Å². The summed E-state index contributed by atoms with van der Waals surface area (Å²) < 4.78 is 6.41. The summed E-state index contributed by atoms with van der Waals surface area (Å²) in [5.74, 6) is 1.000. The van der Waals surface area contributed by atoms with Gasteiger partial charge in [-0.1, -0.05) is 15.9 Å². The van der Waals surface area contributed by atoms with E-state index in [-0.39, 0.29) is 0 Å². The molecule has 0 radical (unpaired) electrons. The Hall–Kier alpha value is -1.20. The van der Waals surface area contributed by atoms with Gasteiger partial charge in [0.25, 0.3) is 0 Å². The number of halogens is 1. The Bertz CT molecular complexity index is 540. The van der Waals surface area contributed by atoms with Crippen LogP contribution in [-0.4, -0.2) is 36.3 Å². The van der Waals surface area contributed by atoms with Crippen LogP contribution in [0.1, 0.15) is 0 Å². The molecular weight excluding hydrogens is 282 g/mol. The lowest BCUT2D eigenvalue weighted by Crippen LogP contribution is -2.36. The van der Waals surface area contributed by atoms with Crippen molar-refractivity contribution in [2.45, 2.75) is 0 Å². The van der Waals surface area contributed by atoms with Gasteiger partial charge in [-0.15, -0.1) is 0 Å². The van der Waals surface area contributed by atoms with Crippen molar-refractivity contribution in [2.24, 2.45) is 0 Å². The Kier molecular flexibility index (Phi) is 2.94. The van der Waals surface area contributed by atoms with E-state index < -0.39 is 0 Å². The number of morpholine rings is 1. The van der Waals surface area contributed by atoms with E-state index in [1.807, 2.05) is 12.1 Å². The molecule has 0 spiro atoms. The Morgan fingerprint density at radius 2 is 2.00 bits per heavy atom. The zero-order chi connectivity index (χ0) is 11.7. The second kappa shape index (κ2) is 4.58. The third-order valence-electron chi connectivity index (χ3n) is 2.89. The first-order valence-electron chi connectivity index (χ1n) is 5.57. The van der Waals surface area contributed by atoms with Crippen molar-refractivity contribution in [3.05, 3.63) is 29.0 Å². The van der Waals surface area contributed by atoms with Crippen LogP contribution in [0.3, 0.4) is 0 Å². The predicted molar refractivity (Wildman–Crippen MR) is 70.3 cm³/mol. The largest absolute Gasteiger partial charge is 0.378 e. The molecule has 3 rings (SSSR count). The number of benzene rings is 1. The van der Waals surface area contributed by atoms with Crippen molar-refractivity contribution in [2.75, 3.05) is 31.2 Å². The molecule has 17 heavy (non-hydrogen) atoms. The first kappa shape index (κ1) is 10.9. The maximum absolute atomic E-state index is 5.36. The molecule has 0 bridgehead atoms. The summed E-state index contributed by atoms with van der Waals surface area (Å²) in [7, 11) is 0. The zero-order valence-electron chi connectivity index (χ0n) is 9.27. The fourth-order valence-corrected chi connectivity index (χ4v) is 2.40. The van der Waals surface area contributed by atoms with Crippen molar-refractivity contribution in [1.29, 1.82) is 0 Å². The fraction of sp³-hybridized carbons (Fsp3) is 0.333. The summed E-state index contributed by atoms with van der Waals surface area (Å²) in [5.41, 5.74) is 0.977. The van der Waals surface area contributed by atoms with Crippen LogP contribution in [0.15, 0.2) is 29.0 Å². The van der Waals surface area contributed by atoms with Gasteiger partial charge in [-0.25, -0.2) is 9.97 Å². The van der Waals surface area contributed by atoms with Crippen molar-refractivity contribution >= 4 is 32.7 Å². The molecule has 1 aliphatic heterocycles. The molecule has 0 unspecified atom stereocenters. The van der Waals surface area contributed by atoms with E-state index in [1.54, 1.807) is 6.33 Å². The Morgan fingerprint density at radius 1 is 1.18 bits per heavy atom. The minimum absolute atomic E-state index is 0.763. The van der Waals surface area contributed by atoms with Gasteiger partial charge in [0.05, 0.1) is 18.7 Å². The molecule has 5 heteroatoms. The average molecular weight is 294 g/mol. The number of fused-ring (bicyclic) bond motifs is 1. The summed E-state index contributed by atoms with van der Waals surface area (Å²) in [6.45, 7) is 3.30. The van der Waals surface area contributed by atoms with Crippen molar-refractivity contribution < 1.29 is 4.74 Å². The normalized spacial score (nSPS) is 16.4. The lowest BCUT2D eigenvalue weighted by Gasteiger charge is -2.28. The van der Waals surface area contributed by atoms with E-state index in [4.69, 9.17) is 4.74 Å². The quantitative estimate of drug-likeness (QED) is 0.808. The van der Waals surface area contributed by atoms with Crippen LogP contribution in [-0.2, 0) is 4.74 Å². The predicted octanol–water partition coefficient (Wildman–Crippen LogP) is 2.23. The van der Waals surface area contributed by atoms with Crippen LogP contribution in [0.5, 0.6) is 0 Å². The maximum atomic E-state index is 5.36. The molecule has 2 heterocycles. The van der Waals surface area contributed by atoms with Gasteiger partial charge in [-0.2, -0.15) is 0 Å². The third kappa shape index (κ3) is 2.12. The Balaban J connectivity index is 2.11. The van der Waals surface area contributed by atoms with E-state index in [0.29, 0.717) is 0 Å². The molecule has 1 aromatic heterocycles. The second-order valence-electron chi connectivity index (χ2n) is 3.96. The molecule has 0 aliphatic carbocycles. The van der Waals surface area contributed by atoms with Gasteiger partial charge in [0, 0.05) is 22.9 Å². The Morgan fingerprint density at radius 3 is 2.82 bits per heavy atom. The van der Waals surface area contributed by atoms with Gasteiger partial charge in [0.1, 0.15) is 12.1 Å². The van der Waals surface area contributed by atoms with Gasteiger partial charge in [0.15, 0.2) is 0 Å². The molecular formula is C12H12BrN3O. The molecule has 1 fully saturated rings. The van der Waals surface area contributed by atoms with E-state index in [9.17, 15) is 0 Å². The smallest absolute Gasteiger partial charge is 0.140 e. The number of hydrogen-bond acceptors (Lipinski definition) is 4. The van der Waals surface area contributed by atoms with E-state index in [0.717, 1.165) is 47.5 Å². The molecule has 1 aromatic carbocycles. The van der Waals surface area contributed by atoms with E-state index in [1.165, 1.54) is 0 Å². The summed E-state index contributed by atoms with van der Waals surface area (Å²) in [5, 5.41) is 1.09. The molecule has 0 saturated carbocycles. The van der Waals surface area contributed by atoms with Crippen molar-refractivity contribution in [1.82, 2.24) is 9.97 Å². The monoisotopic (exact) mass is 293 g/mol. The highest BCUT2D eigenvalue weighted by Crippen LogP contribution is 2.26. The summed E-state index contributed by atoms with van der Waals surface area (Å²) >= 11 is 3.49. The van der Waals surface area contributed by atoms with E-state index >= 15 is 0 Å². The molecule has 0 amide bonds. The maximum Gasteiger partial charge on any atom is 0.140 e. The number of rotatable bonds is 1. The van der Waals surface area contributed by atoms with Gasteiger partial charge in [-0.05, 0) is 18.2 Å². The number of aromatic nitrogens is 2. The van der Waals surface area contributed by atoms with Crippen LogP contribution < -0.4 is 4.90 Å². The summed E-state index contributed by atoms with van der Waals surface area (Å²) in [6.07, 6.45) is 1.63. The average Bonchev–Trinajstić information content (AvgIpc) is 2.39. The molecule has 0 atom stereocenters. The molecule has 2 aromatic rings. The van der Waals surface area contributed by atoms with Crippen LogP contribution in [0.4, 0.5) is 5.82 Å². The molecule has 88 valence electrons. The van der Waals surface area contributed by atoms with Crippen molar-refractivity contribution in [3.63, 3.8) is 0 Å². The number of anilines is 1. The Labute approximate surface area is 108 Å². The SMILES string of the molecule is Brc1ccc2ncnc(N3CCOCC3)c2c1. The first-order chi connectivity index (χ1) is 8.34. The topological polar surface area (TPSA) is 38.2 Å². The van der Waals surface area contributed by atoms with Gasteiger partial charge in [0.2, 0.25) is 0 Å². The molecule has 0 N–H and O–H groups in total. The van der Waals surface area contributed by atoms with Gasteiger partial charge < -0.3 is 9.64 Å². The minimum atomic E-state index is 0.763. The highest BCUT2D eigenvalue weighted by atomic mass is 79.9. The highest BCUT2D eigenvalue weighted by molar-refractivity contribution is 9.10. The number of nitrogens with zero attached hydrogens (tertiary/aromatic N) is 3. The van der Waals surface area contributed by atoms with Crippen LogP contribution in [0, 0.1) is 0 Å². The lowest BCUT2D eigenvalue weighted by atomic mass is 10.2. The highest BCUT2D eigenvalue weighted by Gasteiger charge is 2.15. The standard InChI is InChI=1S/C12H12BrN3O/c13-9-1-2-11-10(7-9)12(15-8-14-11)16-3-5-17-6-4-16/h1-2,7-8H,3-6H2. The molecule has 1 saturated heterocycles. The summed E-state index contributed by atoms with van der Waals surface area (Å²) in [6, 6.07) is 6.07. The second-order valence-corrected chi connectivity index (χ2v) is 4.87. The fourth-order valence-electron chi connectivity index (χ4n) is 2.04. The minimum Gasteiger partial charge on any atom is -0.378 e. The van der Waals surface area contributed by atoms with Gasteiger partial charge >= 0.3 is 0 Å². The molecule has 4 nitrogen and oxygen atoms in total. The first-order valence-corrected chi connectivity index (χ1v) is 6.37. The van der Waals surface area contributed by atoms with Crippen molar-refractivity contribution in [3.8, 4) is 0 Å². The number of hydrogen-bond donors (Lipinski definition) is 0. The van der Waals surface area contributed by atoms with Crippen LogP contribution in [0.2, 0.25) is 0 Å². The van der Waals surface area contributed by atoms with Gasteiger partial charge in [-0.3, -0.25) is 0 Å². The summed E-state index contributed by atoms with van der Waals surface area (Å²) in [4.78, 5) is 10.9. The van der Waals surface area contributed by atoms with Crippen LogP contribution in [0.25, 0.3) is 10.9 Å². The lowest BCUT2D eigenvalue weighted by molar-refractivity contribution is 0.122. The zero-order valence-corrected chi connectivity index (χ0v) is 10.9. The van der Waals surface area contributed by atoms with E-state index in [2.05, 4.69) is 36.9 Å². The molecule has 1 aliphatic rings. The third-order valence-corrected chi connectivity index (χ3v) is 3.38. The number of ether oxygens (including phenoxy) is 1.